The summed E-state index contributed by atoms with van der Waals surface area (Å²) in [5.74, 6) is -0.0103. The predicted molar refractivity (Wildman–Crippen MR) is 84.0 cm³/mol. The molecule has 132 valence electrons. The lowest BCUT2D eigenvalue weighted by molar-refractivity contribution is -0.137. The maximum atomic E-state index is 12.5. The van der Waals surface area contributed by atoms with Crippen molar-refractivity contribution in [2.24, 2.45) is 0 Å². The van der Waals surface area contributed by atoms with E-state index >= 15 is 0 Å². The molecule has 8 heteroatoms. The number of hydrogen-bond acceptors (Lipinski definition) is 4. The van der Waals surface area contributed by atoms with Gasteiger partial charge < -0.3 is 14.8 Å². The minimum Gasteiger partial charge on any atom is -0.493 e. The Kier molecular flexibility index (Phi) is 5.63. The molecule has 0 saturated heterocycles. The molecule has 0 heterocycles. The molecule has 5 nitrogen and oxygen atoms in total. The van der Waals surface area contributed by atoms with Gasteiger partial charge >= 0.3 is 6.18 Å². The third kappa shape index (κ3) is 4.97. The van der Waals surface area contributed by atoms with Gasteiger partial charge in [0.25, 0.3) is 5.91 Å². The van der Waals surface area contributed by atoms with E-state index in [9.17, 15) is 22.8 Å². The molecule has 1 N–H and O–H groups in total. The summed E-state index contributed by atoms with van der Waals surface area (Å²) in [6.45, 7) is -0.377. The second kappa shape index (κ2) is 7.69. The highest BCUT2D eigenvalue weighted by atomic mass is 19.4. The summed E-state index contributed by atoms with van der Waals surface area (Å²) in [5, 5.41) is 2.42. The van der Waals surface area contributed by atoms with E-state index in [0.29, 0.717) is 11.8 Å². The fraction of sp³-hybridized carbons (Fsp3) is 0.176. The molecule has 1 amide bonds. The molecule has 0 aliphatic carbocycles. The number of carbonyl (C=O) groups is 2. The number of carbonyl (C=O) groups excluding carboxylic acids is 2. The van der Waals surface area contributed by atoms with Crippen LogP contribution in [0.1, 0.15) is 15.9 Å². The van der Waals surface area contributed by atoms with E-state index in [2.05, 4.69) is 5.32 Å². The normalized spacial score (nSPS) is 10.9. The molecule has 2 aromatic rings. The number of rotatable bonds is 6. The van der Waals surface area contributed by atoms with Crippen LogP contribution >= 0.6 is 0 Å². The number of amides is 1. The van der Waals surface area contributed by atoms with Gasteiger partial charge in [-0.25, -0.2) is 0 Å². The first kappa shape index (κ1) is 18.3. The summed E-state index contributed by atoms with van der Waals surface area (Å²) in [7, 11) is 1.39. The molecule has 0 unspecified atom stereocenters. The number of benzene rings is 2. The van der Waals surface area contributed by atoms with E-state index in [1.807, 2.05) is 0 Å². The Bertz CT molecular complexity index is 757. The molecular weight excluding hydrogens is 339 g/mol. The average molecular weight is 353 g/mol. The molecule has 0 aliphatic heterocycles. The molecule has 0 bridgehead atoms. The van der Waals surface area contributed by atoms with Crippen LogP contribution in [-0.4, -0.2) is 25.9 Å². The Hall–Kier alpha value is -3.03. The lowest BCUT2D eigenvalue weighted by Crippen LogP contribution is -2.20. The zero-order valence-electron chi connectivity index (χ0n) is 13.1. The van der Waals surface area contributed by atoms with Gasteiger partial charge in [-0.1, -0.05) is 0 Å². The molecule has 2 rings (SSSR count). The van der Waals surface area contributed by atoms with Crippen molar-refractivity contribution in [3.63, 3.8) is 0 Å². The molecule has 0 spiro atoms. The number of nitrogens with one attached hydrogen (secondary N) is 1. The van der Waals surface area contributed by atoms with Crippen LogP contribution in [0.3, 0.4) is 0 Å². The molecule has 0 aliphatic rings. The molecule has 0 atom stereocenters. The number of methoxy groups -OCH3 is 1. The van der Waals surface area contributed by atoms with Crippen LogP contribution in [0.15, 0.2) is 42.5 Å². The van der Waals surface area contributed by atoms with E-state index in [0.717, 1.165) is 24.3 Å². The smallest absolute Gasteiger partial charge is 0.416 e. The Morgan fingerprint density at radius 1 is 1.12 bits per heavy atom. The van der Waals surface area contributed by atoms with Crippen molar-refractivity contribution >= 4 is 17.9 Å². The van der Waals surface area contributed by atoms with Gasteiger partial charge in [0, 0.05) is 11.3 Å². The minimum absolute atomic E-state index is 0.213. The molecule has 0 aromatic heterocycles. The van der Waals surface area contributed by atoms with Crippen molar-refractivity contribution in [1.82, 2.24) is 0 Å². The van der Waals surface area contributed by atoms with Crippen LogP contribution in [0.25, 0.3) is 0 Å². The summed E-state index contributed by atoms with van der Waals surface area (Å²) in [6, 6.07) is 8.48. The van der Waals surface area contributed by atoms with E-state index < -0.39 is 17.6 Å². The van der Waals surface area contributed by atoms with Gasteiger partial charge in [-0.15, -0.1) is 0 Å². The first-order chi connectivity index (χ1) is 11.8. The molecule has 2 aromatic carbocycles. The lowest BCUT2D eigenvalue weighted by atomic mass is 10.2. The van der Waals surface area contributed by atoms with Crippen molar-refractivity contribution in [1.29, 1.82) is 0 Å². The zero-order chi connectivity index (χ0) is 18.4. The third-order valence-electron chi connectivity index (χ3n) is 3.18. The maximum Gasteiger partial charge on any atom is 0.416 e. The molecular formula is C17H14F3NO4. The Balaban J connectivity index is 1.96. The van der Waals surface area contributed by atoms with E-state index in [-0.39, 0.29) is 23.8 Å². The van der Waals surface area contributed by atoms with Gasteiger partial charge in [-0.2, -0.15) is 13.2 Å². The monoisotopic (exact) mass is 353 g/mol. The van der Waals surface area contributed by atoms with Crippen LogP contribution in [-0.2, 0) is 11.0 Å². The predicted octanol–water partition coefficient (Wildman–Crippen LogP) is 3.54. The highest BCUT2D eigenvalue weighted by Gasteiger charge is 2.29. The molecule has 0 fully saturated rings. The van der Waals surface area contributed by atoms with E-state index in [4.69, 9.17) is 9.47 Å². The summed E-state index contributed by atoms with van der Waals surface area (Å²) in [5.41, 5.74) is -0.204. The van der Waals surface area contributed by atoms with Gasteiger partial charge in [0.2, 0.25) is 0 Å². The van der Waals surface area contributed by atoms with Crippen LogP contribution < -0.4 is 14.8 Å². The van der Waals surface area contributed by atoms with Crippen molar-refractivity contribution in [3.8, 4) is 11.5 Å². The first-order valence-corrected chi connectivity index (χ1v) is 7.06. The van der Waals surface area contributed by atoms with Crippen LogP contribution in [0.2, 0.25) is 0 Å². The van der Waals surface area contributed by atoms with E-state index in [1.54, 1.807) is 0 Å². The highest BCUT2D eigenvalue weighted by molar-refractivity contribution is 5.91. The van der Waals surface area contributed by atoms with Crippen LogP contribution in [0.5, 0.6) is 11.5 Å². The van der Waals surface area contributed by atoms with Gasteiger partial charge in [-0.3, -0.25) is 9.59 Å². The Morgan fingerprint density at radius 3 is 2.36 bits per heavy atom. The number of ether oxygens (including phenoxy) is 2. The lowest BCUT2D eigenvalue weighted by Gasteiger charge is -2.12. The van der Waals surface area contributed by atoms with Crippen molar-refractivity contribution < 1.29 is 32.2 Å². The summed E-state index contributed by atoms with van der Waals surface area (Å²) >= 11 is 0. The number of aldehydes is 1. The van der Waals surface area contributed by atoms with Crippen molar-refractivity contribution in [3.05, 3.63) is 53.6 Å². The van der Waals surface area contributed by atoms with Crippen molar-refractivity contribution in [2.45, 2.75) is 6.18 Å². The van der Waals surface area contributed by atoms with Gasteiger partial charge in [0.1, 0.15) is 6.29 Å². The average Bonchev–Trinajstić information content (AvgIpc) is 2.59. The maximum absolute atomic E-state index is 12.5. The van der Waals surface area contributed by atoms with Gasteiger partial charge in [-0.05, 0) is 42.5 Å². The van der Waals surface area contributed by atoms with Gasteiger partial charge in [0.15, 0.2) is 18.1 Å². The first-order valence-electron chi connectivity index (χ1n) is 7.06. The summed E-state index contributed by atoms with van der Waals surface area (Å²) in [6.07, 6.45) is -3.79. The molecule has 0 saturated carbocycles. The number of anilines is 1. The van der Waals surface area contributed by atoms with E-state index in [1.165, 1.54) is 25.3 Å². The SMILES string of the molecule is COc1cc(C=O)ccc1OCC(=O)Nc1ccc(C(F)(F)F)cc1. The topological polar surface area (TPSA) is 64.6 Å². The molecule has 0 radical (unpaired) electrons. The summed E-state index contributed by atoms with van der Waals surface area (Å²) in [4.78, 5) is 22.5. The largest absolute Gasteiger partial charge is 0.493 e. The zero-order valence-corrected chi connectivity index (χ0v) is 13.1. The number of halogens is 3. The third-order valence-corrected chi connectivity index (χ3v) is 3.18. The standard InChI is InChI=1S/C17H14F3NO4/c1-24-15-8-11(9-22)2-7-14(15)25-10-16(23)21-13-5-3-12(4-6-13)17(18,19)20/h2-9H,10H2,1H3,(H,21,23). The Morgan fingerprint density at radius 2 is 1.80 bits per heavy atom. The number of alkyl halides is 3. The quantitative estimate of drug-likeness (QED) is 0.807. The van der Waals surface area contributed by atoms with Crippen LogP contribution in [0.4, 0.5) is 18.9 Å². The van der Waals surface area contributed by atoms with Gasteiger partial charge in [0.05, 0.1) is 12.7 Å². The van der Waals surface area contributed by atoms with Crippen LogP contribution in [0, 0.1) is 0 Å². The number of hydrogen-bond donors (Lipinski definition) is 1. The second-order valence-electron chi connectivity index (χ2n) is 4.94. The summed E-state index contributed by atoms with van der Waals surface area (Å²) < 4.78 is 47.8. The highest BCUT2D eigenvalue weighted by Crippen LogP contribution is 2.30. The Labute approximate surface area is 141 Å². The van der Waals surface area contributed by atoms with Crippen molar-refractivity contribution in [2.75, 3.05) is 19.0 Å². The molecule has 25 heavy (non-hydrogen) atoms. The fourth-order valence-corrected chi connectivity index (χ4v) is 1.96. The second-order valence-corrected chi connectivity index (χ2v) is 4.94. The fourth-order valence-electron chi connectivity index (χ4n) is 1.96. The minimum atomic E-state index is -4.43.